The van der Waals surface area contributed by atoms with Gasteiger partial charge in [-0.2, -0.15) is 0 Å². The Hall–Kier alpha value is -1.71. The highest BCUT2D eigenvalue weighted by atomic mass is 79.9. The molecule has 1 fully saturated rings. The second-order valence-electron chi connectivity index (χ2n) is 6.69. The van der Waals surface area contributed by atoms with Crippen LogP contribution in [0.3, 0.4) is 0 Å². The first-order valence-electron chi connectivity index (χ1n) is 9.22. The van der Waals surface area contributed by atoms with E-state index in [1.165, 1.54) is 22.7 Å². The molecule has 3 nitrogen and oxygen atoms in total. The molecule has 1 amide bonds. The Kier molecular flexibility index (Phi) is 7.37. The molecular weight excluding hydrogens is 601 g/mol. The lowest BCUT2D eigenvalue weighted by Gasteiger charge is -2.14. The van der Waals surface area contributed by atoms with Crippen LogP contribution in [0.25, 0.3) is 6.08 Å². The molecule has 32 heavy (non-hydrogen) atoms. The van der Waals surface area contributed by atoms with Gasteiger partial charge in [-0.05, 0) is 86.0 Å². The summed E-state index contributed by atoms with van der Waals surface area (Å²) in [5.74, 6) is 0.0210. The lowest BCUT2D eigenvalue weighted by atomic mass is 10.2. The lowest BCUT2D eigenvalue weighted by molar-refractivity contribution is -0.113. The van der Waals surface area contributed by atoms with Gasteiger partial charge in [0.25, 0.3) is 5.91 Å². The van der Waals surface area contributed by atoms with E-state index in [9.17, 15) is 9.18 Å². The summed E-state index contributed by atoms with van der Waals surface area (Å²) in [6.45, 7) is 0.0863. The highest BCUT2D eigenvalue weighted by Gasteiger charge is 2.33. The van der Waals surface area contributed by atoms with Gasteiger partial charge in [0.1, 0.15) is 18.2 Å². The van der Waals surface area contributed by atoms with Gasteiger partial charge in [0.05, 0.1) is 19.5 Å². The summed E-state index contributed by atoms with van der Waals surface area (Å²) in [5, 5.41) is 0.585. The number of thioether (sulfide) groups is 1. The number of amides is 1. The molecule has 9 heteroatoms. The zero-order chi connectivity index (χ0) is 22.8. The Morgan fingerprint density at radius 3 is 2.41 bits per heavy atom. The molecule has 0 unspecified atom stereocenters. The Morgan fingerprint density at radius 1 is 1.09 bits per heavy atom. The van der Waals surface area contributed by atoms with Gasteiger partial charge in [0, 0.05) is 10.6 Å². The maximum Gasteiger partial charge on any atom is 0.270 e. The predicted octanol–water partition coefficient (Wildman–Crippen LogP) is 7.99. The molecule has 1 aliphatic rings. The van der Waals surface area contributed by atoms with Crippen molar-refractivity contribution in [3.63, 3.8) is 0 Å². The summed E-state index contributed by atoms with van der Waals surface area (Å²) in [4.78, 5) is 15.0. The van der Waals surface area contributed by atoms with Crippen LogP contribution in [0.2, 0.25) is 5.02 Å². The van der Waals surface area contributed by atoms with E-state index in [2.05, 4.69) is 31.9 Å². The van der Waals surface area contributed by atoms with Crippen molar-refractivity contribution in [2.45, 2.75) is 6.61 Å². The fourth-order valence-electron chi connectivity index (χ4n) is 3.00. The van der Waals surface area contributed by atoms with Crippen LogP contribution in [0.4, 0.5) is 10.1 Å². The third kappa shape index (κ3) is 5.10. The van der Waals surface area contributed by atoms with Gasteiger partial charge >= 0.3 is 0 Å². The summed E-state index contributed by atoms with van der Waals surface area (Å²) in [6, 6.07) is 17.1. The zero-order valence-electron chi connectivity index (χ0n) is 16.2. The number of halogens is 4. The summed E-state index contributed by atoms with van der Waals surface area (Å²) < 4.78 is 21.5. The molecule has 0 saturated carbocycles. The first kappa shape index (κ1) is 23.4. The van der Waals surface area contributed by atoms with Crippen molar-refractivity contribution in [1.29, 1.82) is 0 Å². The molecule has 4 rings (SSSR count). The first-order chi connectivity index (χ1) is 15.3. The molecule has 0 radical (unpaired) electrons. The Morgan fingerprint density at radius 2 is 1.75 bits per heavy atom. The van der Waals surface area contributed by atoms with Crippen LogP contribution in [0, 0.1) is 5.82 Å². The molecule has 0 aromatic heterocycles. The van der Waals surface area contributed by atoms with Gasteiger partial charge in [-0.25, -0.2) is 4.39 Å². The molecular formula is C23H13Br2ClFNO2S2. The Labute approximate surface area is 215 Å². The smallest absolute Gasteiger partial charge is 0.270 e. The van der Waals surface area contributed by atoms with Crippen molar-refractivity contribution < 1.29 is 13.9 Å². The van der Waals surface area contributed by atoms with Crippen molar-refractivity contribution in [1.82, 2.24) is 0 Å². The van der Waals surface area contributed by atoms with Crippen molar-refractivity contribution in [2.75, 3.05) is 4.90 Å². The van der Waals surface area contributed by atoms with Gasteiger partial charge < -0.3 is 4.74 Å². The van der Waals surface area contributed by atoms with E-state index in [0.29, 0.717) is 40.2 Å². The minimum Gasteiger partial charge on any atom is -0.486 e. The molecule has 1 heterocycles. The zero-order valence-corrected chi connectivity index (χ0v) is 21.7. The number of anilines is 1. The fourth-order valence-corrected chi connectivity index (χ4v) is 5.87. The number of carbonyl (C=O) groups is 1. The van der Waals surface area contributed by atoms with Crippen molar-refractivity contribution >= 4 is 89.4 Å². The van der Waals surface area contributed by atoms with E-state index < -0.39 is 0 Å². The van der Waals surface area contributed by atoms with Crippen LogP contribution in [-0.4, -0.2) is 10.2 Å². The van der Waals surface area contributed by atoms with E-state index in [1.807, 2.05) is 12.1 Å². The molecule has 0 atom stereocenters. The van der Waals surface area contributed by atoms with Gasteiger partial charge in [-0.1, -0.05) is 53.8 Å². The SMILES string of the molecule is O=C1/C(=C\c2cc(Br)c(OCc3ccccc3F)c(Br)c2)SC(=S)N1c1ccc(Cl)cc1. The van der Waals surface area contributed by atoms with Gasteiger partial charge in [-0.3, -0.25) is 9.69 Å². The second kappa shape index (κ2) is 10.1. The van der Waals surface area contributed by atoms with E-state index >= 15 is 0 Å². The number of thiocarbonyl (C=S) groups is 1. The quantitative estimate of drug-likeness (QED) is 0.216. The summed E-state index contributed by atoms with van der Waals surface area (Å²) in [5.41, 5.74) is 1.90. The number of rotatable bonds is 5. The summed E-state index contributed by atoms with van der Waals surface area (Å²) >= 11 is 19.6. The van der Waals surface area contributed by atoms with Crippen LogP contribution in [0.15, 0.2) is 74.5 Å². The average Bonchev–Trinajstić information content (AvgIpc) is 3.02. The van der Waals surface area contributed by atoms with Crippen molar-refractivity contribution in [2.24, 2.45) is 0 Å². The number of carbonyl (C=O) groups excluding carboxylic acids is 1. The largest absolute Gasteiger partial charge is 0.486 e. The Bertz CT molecular complexity index is 1230. The maximum atomic E-state index is 13.9. The molecule has 1 aliphatic heterocycles. The van der Waals surface area contributed by atoms with Crippen LogP contribution < -0.4 is 9.64 Å². The fraction of sp³-hybridized carbons (Fsp3) is 0.0435. The number of ether oxygens (including phenoxy) is 1. The number of hydrogen-bond acceptors (Lipinski definition) is 4. The van der Waals surface area contributed by atoms with Crippen LogP contribution in [0.5, 0.6) is 5.75 Å². The molecule has 162 valence electrons. The lowest BCUT2D eigenvalue weighted by Crippen LogP contribution is -2.27. The van der Waals surface area contributed by atoms with E-state index in [4.69, 9.17) is 28.6 Å². The maximum absolute atomic E-state index is 13.9. The highest BCUT2D eigenvalue weighted by molar-refractivity contribution is 9.11. The molecule has 0 bridgehead atoms. The minimum atomic E-state index is -0.320. The monoisotopic (exact) mass is 611 g/mol. The summed E-state index contributed by atoms with van der Waals surface area (Å²) in [7, 11) is 0. The normalized spacial score (nSPS) is 15.0. The topological polar surface area (TPSA) is 29.5 Å². The number of hydrogen-bond donors (Lipinski definition) is 0. The molecule has 3 aromatic carbocycles. The number of benzene rings is 3. The molecule has 0 spiro atoms. The van der Waals surface area contributed by atoms with Crippen LogP contribution in [0.1, 0.15) is 11.1 Å². The van der Waals surface area contributed by atoms with Crippen LogP contribution >= 0.6 is 67.4 Å². The van der Waals surface area contributed by atoms with Crippen molar-refractivity contribution in [3.05, 3.63) is 96.5 Å². The first-order valence-corrected chi connectivity index (χ1v) is 12.4. The van der Waals surface area contributed by atoms with E-state index in [-0.39, 0.29) is 18.3 Å². The number of nitrogens with zero attached hydrogens (tertiary/aromatic N) is 1. The Balaban J connectivity index is 1.55. The van der Waals surface area contributed by atoms with Gasteiger partial charge in [0.2, 0.25) is 0 Å². The third-order valence-corrected chi connectivity index (χ3v) is 7.26. The molecule has 1 saturated heterocycles. The average molecular weight is 614 g/mol. The molecule has 0 aliphatic carbocycles. The van der Waals surface area contributed by atoms with E-state index in [0.717, 1.165) is 5.56 Å². The standard InChI is InChI=1S/C23H13Br2ClFNO2S2/c24-17-9-13(10-18(25)21(17)30-12-14-3-1-2-4-19(14)27)11-20-22(29)28(23(31)32-20)16-7-5-15(26)6-8-16/h1-11H,12H2/b20-11+. The molecule has 0 N–H and O–H groups in total. The van der Waals surface area contributed by atoms with Crippen molar-refractivity contribution in [3.8, 4) is 5.75 Å². The van der Waals surface area contributed by atoms with Gasteiger partial charge in [0.15, 0.2) is 4.32 Å². The molecule has 3 aromatic rings. The second-order valence-corrected chi connectivity index (χ2v) is 10.5. The summed E-state index contributed by atoms with van der Waals surface area (Å²) in [6.07, 6.45) is 1.77. The van der Waals surface area contributed by atoms with Gasteiger partial charge in [-0.15, -0.1) is 0 Å². The highest BCUT2D eigenvalue weighted by Crippen LogP contribution is 2.39. The third-order valence-electron chi connectivity index (χ3n) is 4.53. The predicted molar refractivity (Wildman–Crippen MR) is 140 cm³/mol. The van der Waals surface area contributed by atoms with Crippen LogP contribution in [-0.2, 0) is 11.4 Å². The van der Waals surface area contributed by atoms with E-state index in [1.54, 1.807) is 48.5 Å². The minimum absolute atomic E-state index is 0.0863.